The van der Waals surface area contributed by atoms with Gasteiger partial charge in [0.15, 0.2) is 68.9 Å². The highest BCUT2D eigenvalue weighted by Crippen LogP contribution is 2.42. The monoisotopic (exact) mass is 2100 g/mol. The van der Waals surface area contributed by atoms with Gasteiger partial charge in [-0.15, -0.1) is 19.6 Å². The van der Waals surface area contributed by atoms with Gasteiger partial charge in [0, 0.05) is 14.5 Å². The zero-order valence-electron chi connectivity index (χ0n) is 75.5. The van der Waals surface area contributed by atoms with Gasteiger partial charge in [-0.25, -0.2) is 58.9 Å². The summed E-state index contributed by atoms with van der Waals surface area (Å²) in [5.41, 5.74) is 7.42. The van der Waals surface area contributed by atoms with Gasteiger partial charge >= 0.3 is 48.1 Å². The highest BCUT2D eigenvalue weighted by Gasteiger charge is 2.34. The number of halogens is 5. The molecule has 131 heavy (non-hydrogen) atoms. The molecular weight excluding hydrogens is 1990 g/mol. The number of hydrogen-bond acceptors (Lipinski definition) is 22. The summed E-state index contributed by atoms with van der Waals surface area (Å²) in [5.74, 6) is -5.20. The Morgan fingerprint density at radius 3 is 0.985 bits per heavy atom. The molecule has 1 aliphatic rings. The van der Waals surface area contributed by atoms with E-state index in [1.54, 1.807) is 133 Å². The molecule has 8 rings (SSSR count). The van der Waals surface area contributed by atoms with Gasteiger partial charge < -0.3 is 40.5 Å². The second-order valence-corrected chi connectivity index (χ2v) is 51.4. The summed E-state index contributed by atoms with van der Waals surface area (Å²) >= 11 is 6.56. The van der Waals surface area contributed by atoms with Crippen molar-refractivity contribution in [3.05, 3.63) is 197 Å². The molecule has 7 aromatic carbocycles. The summed E-state index contributed by atoms with van der Waals surface area (Å²) in [5, 5.41) is 57.5. The van der Waals surface area contributed by atoms with Crippen LogP contribution < -0.4 is 4.74 Å². The highest BCUT2D eigenvalue weighted by atomic mass is 79.9. The smallest absolute Gasteiger partial charge is 0.481 e. The number of benzene rings is 7. The minimum atomic E-state index is -5.00. The lowest BCUT2D eigenvalue weighted by Crippen LogP contribution is -2.19. The van der Waals surface area contributed by atoms with Gasteiger partial charge in [-0.1, -0.05) is 76.2 Å². The Morgan fingerprint density at radius 2 is 0.656 bits per heavy atom. The van der Waals surface area contributed by atoms with E-state index in [1.165, 1.54) is 68.4 Å². The number of hydrogen-bond donors (Lipinski definition) is 7. The Bertz CT molecular complexity index is 6110. The number of carboxylic acid groups (broad SMARTS) is 7. The first kappa shape index (κ1) is 118. The molecule has 0 spiro atoms. The average Bonchev–Trinajstić information content (AvgIpc) is 1.57. The van der Waals surface area contributed by atoms with Crippen LogP contribution >= 0.6 is 31.9 Å². The molecule has 1 saturated carbocycles. The molecule has 0 heterocycles. The predicted molar refractivity (Wildman–Crippen MR) is 496 cm³/mol. The molecule has 0 aliphatic heterocycles. The van der Waals surface area contributed by atoms with Gasteiger partial charge in [-0.05, 0) is 306 Å². The lowest BCUT2D eigenvalue weighted by molar-refractivity contribution is -0.274. The van der Waals surface area contributed by atoms with E-state index < -0.39 is 171 Å². The zero-order chi connectivity index (χ0) is 101. The molecule has 29 nitrogen and oxygen atoms in total. The van der Waals surface area contributed by atoms with E-state index in [1.807, 2.05) is 19.9 Å². The van der Waals surface area contributed by atoms with Gasteiger partial charge in [0.2, 0.25) is 0 Å². The Hall–Kier alpha value is -9.41. The number of aliphatic carboxylic acids is 7. The molecule has 41 heteroatoms. The normalized spacial score (nSPS) is 12.4. The largest absolute Gasteiger partial charge is 0.573 e. The van der Waals surface area contributed by atoms with Crippen molar-refractivity contribution >= 4 is 143 Å². The number of aryl methyl sites for hydroxylation is 3. The average molecular weight is 2100 g/mol. The maximum Gasteiger partial charge on any atom is 0.573 e. The van der Waals surface area contributed by atoms with Crippen LogP contribution in [-0.2, 0) is 160 Å². The van der Waals surface area contributed by atoms with Crippen LogP contribution in [0.2, 0.25) is 0 Å². The van der Waals surface area contributed by atoms with Crippen LogP contribution in [-0.4, -0.2) is 180 Å². The van der Waals surface area contributed by atoms with Crippen molar-refractivity contribution in [3.8, 4) is 18.1 Å². The van der Waals surface area contributed by atoms with Crippen molar-refractivity contribution in [2.45, 2.75) is 285 Å². The molecule has 1 aliphatic carbocycles. The third kappa shape index (κ3) is 37.2. The maximum atomic E-state index is 12.2. The molecule has 0 aromatic heterocycles. The van der Waals surface area contributed by atoms with Crippen LogP contribution in [0.25, 0.3) is 0 Å². The van der Waals surface area contributed by atoms with Gasteiger partial charge in [0.25, 0.3) is 0 Å². The van der Waals surface area contributed by atoms with E-state index in [9.17, 15) is 106 Å². The first-order valence-corrected chi connectivity index (χ1v) is 52.9. The molecule has 7 aromatic rings. The molecule has 7 N–H and O–H groups in total. The molecule has 0 atom stereocenters. The minimum Gasteiger partial charge on any atom is -0.481 e. The van der Waals surface area contributed by atoms with Gasteiger partial charge in [0.05, 0.1) is 116 Å². The molecule has 724 valence electrons. The minimum absolute atomic E-state index is 0.0733. The maximum absolute atomic E-state index is 12.2. The van der Waals surface area contributed by atoms with Gasteiger partial charge in [0.1, 0.15) is 5.75 Å². The highest BCUT2D eigenvalue weighted by molar-refractivity contribution is 9.10. The first-order chi connectivity index (χ1) is 59.8. The van der Waals surface area contributed by atoms with E-state index in [0.29, 0.717) is 65.8 Å². The van der Waals surface area contributed by atoms with Crippen LogP contribution in [0.5, 0.6) is 5.75 Å². The van der Waals surface area contributed by atoms with Crippen molar-refractivity contribution in [2.75, 3.05) is 0 Å². The third-order valence-electron chi connectivity index (χ3n) is 19.2. The lowest BCUT2D eigenvalue weighted by Gasteiger charge is -2.14. The zero-order valence-corrected chi connectivity index (χ0v) is 84.4. The summed E-state index contributed by atoms with van der Waals surface area (Å²) in [6.45, 7) is 29.4. The second-order valence-electron chi connectivity index (χ2n) is 32.2. The Kier molecular flexibility index (Phi) is 45.0. The SMILES string of the molecule is C#Cc1cc(CC(=O)O)cc(S(=O)(=O)C(C)C)c1.CC(C)S(=O)(=O)c1cc(CC(=O)O)cc(C2CC2)c1.CC(C)S(=O)(=O)c1cc(CC(=O)O)cc(OC(F)(F)F)c1.CCCc1cc(CC(=O)O)cc(S(=O)(=O)C(C)C)c1.CCc1cc(CC(=O)O)cc(S(=O)(=O)C(C)C)c1.Cc1c(Br)cc(S(=O)(=O)C(C)C)cc1CC(=O)O.Cc1cc(S(=O)(=O)C(C)C)cc(CC(=O)O)c1Br. The first-order valence-electron chi connectivity index (χ1n) is 40.5. The Morgan fingerprint density at radius 1 is 0.374 bits per heavy atom. The number of alkyl halides is 3. The summed E-state index contributed by atoms with van der Waals surface area (Å²) in [6.07, 6.45) is 2.94. The van der Waals surface area contributed by atoms with Crippen molar-refractivity contribution in [2.24, 2.45) is 0 Å². The summed E-state index contributed by atoms with van der Waals surface area (Å²) in [7, 11) is -24.2. The number of terminal acetylenes is 1. The number of carbonyl (C=O) groups is 7. The second kappa shape index (κ2) is 50.1. The summed E-state index contributed by atoms with van der Waals surface area (Å²) in [4.78, 5) is 75.8. The Labute approximate surface area is 782 Å². The van der Waals surface area contributed by atoms with E-state index in [2.05, 4.69) is 42.5 Å². The lowest BCUT2D eigenvalue weighted by atomic mass is 10.0. The third-order valence-corrected chi connectivity index (χ3v) is 36.1. The van der Waals surface area contributed by atoms with Crippen molar-refractivity contribution in [3.63, 3.8) is 0 Å². The number of rotatable bonds is 33. The number of carboxylic acids is 7. The van der Waals surface area contributed by atoms with Crippen LogP contribution in [0.4, 0.5) is 13.2 Å². The van der Waals surface area contributed by atoms with Crippen LogP contribution in [0, 0.1) is 26.2 Å². The fraction of sp³-hybridized carbons (Fsp3) is 0.433. The van der Waals surface area contributed by atoms with Crippen LogP contribution in [0.15, 0.2) is 158 Å². The fourth-order valence-electron chi connectivity index (χ4n) is 11.6. The molecule has 0 unspecified atom stereocenters. The molecule has 1 fully saturated rings. The van der Waals surface area contributed by atoms with Gasteiger partial charge in [-0.3, -0.25) is 33.6 Å². The van der Waals surface area contributed by atoms with E-state index in [0.717, 1.165) is 66.1 Å². The summed E-state index contributed by atoms with van der Waals surface area (Å²) < 4.78 is 211. The van der Waals surface area contributed by atoms with Crippen LogP contribution in [0.1, 0.15) is 208 Å². The van der Waals surface area contributed by atoms with Crippen molar-refractivity contribution in [1.29, 1.82) is 0 Å². The van der Waals surface area contributed by atoms with Crippen molar-refractivity contribution in [1.82, 2.24) is 0 Å². The predicted octanol–water partition coefficient (Wildman–Crippen LogP) is 15.9. The van der Waals surface area contributed by atoms with Crippen molar-refractivity contribution < 1.29 is 146 Å². The standard InChI is InChI=1S/C14H18O4S.C14H20O4S.C13H18O4S.C13H14O4S.2C12H15BrO4S.C12H13F3O5S/c1-9(2)19(17,18)13-6-10(7-14(15)16)5-12(8-13)11-3-4-11;1-4-5-11-6-12(9-14(15)16)8-13(7-11)19(17,18)10(2)3;2*1-4-10-5-11(8-13(14)15)7-12(6-10)18(16,17)9(2)3;1-7(2)18(16,17)10-4-9(5-12(14)15)8(3)11(13)6-10;1-7(2)18(16,17)10-4-8(3)12(13)9(5-10)6-11(14)15;1-7(2)21(18,19)10-4-8(5-11(16)17)3-9(6-10)20-12(13,14)15/h5-6,8-9,11H,3-4,7H2,1-2H3,(H,15,16);6-8,10H,4-5,9H2,1-3H3,(H,15,16);5-7,9H,4,8H2,1-3H3,(H,14,15);1,5-7,9H,8H2,2-3H3,(H,14,15);4,6-7H,5H2,1-3H3,(H,14,15);4-5,7H,6H2,1-3H3,(H,14,15);3-4,6-7H,5H2,1-2H3,(H,16,17). The Balaban J connectivity index is 0.000000518. The van der Waals surface area contributed by atoms with Gasteiger partial charge in [-0.2, -0.15) is 0 Å². The number of sulfone groups is 7. The molecule has 0 bridgehead atoms. The molecule has 0 amide bonds. The molecule has 0 saturated heterocycles. The van der Waals surface area contributed by atoms with Crippen LogP contribution in [0.3, 0.4) is 0 Å². The quantitative estimate of drug-likeness (QED) is 0.0188. The molecule has 0 radical (unpaired) electrons. The topological polar surface area (TPSA) is 509 Å². The fourth-order valence-corrected chi connectivity index (χ4v) is 20.7. The van der Waals surface area contributed by atoms with E-state index >= 15 is 0 Å². The van der Waals surface area contributed by atoms with E-state index in [-0.39, 0.29) is 73.5 Å². The molecular formula is C90H113Br2F3O29S7. The number of ether oxygens (including phenoxy) is 1. The van der Waals surface area contributed by atoms with E-state index in [4.69, 9.17) is 42.2 Å². The summed E-state index contributed by atoms with van der Waals surface area (Å²) in [6, 6.07) is 27.6.